The summed E-state index contributed by atoms with van der Waals surface area (Å²) in [5.74, 6) is 0.675. The molecular weight excluding hydrogens is 448 g/mol. The number of aliphatic hydroxyl groups is 1. The number of nitrogens with zero attached hydrogens (tertiary/aromatic N) is 2. The molecule has 2 heterocycles. The third-order valence-corrected chi connectivity index (χ3v) is 8.32. The number of hydrogen-bond acceptors (Lipinski definition) is 6. The zero-order valence-electron chi connectivity index (χ0n) is 18.4. The second-order valence-electron chi connectivity index (χ2n) is 8.86. The summed E-state index contributed by atoms with van der Waals surface area (Å²) in [7, 11) is 1.60. The molecule has 1 saturated heterocycles. The topological polar surface area (TPSA) is 82.9 Å². The van der Waals surface area contributed by atoms with Crippen LogP contribution in [-0.4, -0.2) is 63.8 Å². The highest BCUT2D eigenvalue weighted by Gasteiger charge is 2.34. The number of likely N-dealkylation sites (tertiary alicyclic amines) is 1. The standard InChI is InChI=1S/C24H31ClN2O4S/c1-31-16-3-6-21-18(12-16)23(20(25)13-26-21)22(28)7-2-15-8-9-27(14-19(15)24(29)30)10-11-32-17-4-5-17/h3,6,12-13,15,17,19,22,28H,2,4-5,7-11,14H2,1H3,(H,29,30)/t15?,19?,22-/m1/s1. The van der Waals surface area contributed by atoms with E-state index in [2.05, 4.69) is 9.88 Å². The number of ether oxygens (including phenoxy) is 1. The van der Waals surface area contributed by atoms with Crippen LogP contribution in [0.25, 0.3) is 10.9 Å². The Kier molecular flexibility index (Phi) is 7.82. The van der Waals surface area contributed by atoms with Gasteiger partial charge in [-0.05, 0) is 62.8 Å². The molecule has 1 aliphatic carbocycles. The van der Waals surface area contributed by atoms with Crippen LogP contribution in [0.3, 0.4) is 0 Å². The average Bonchev–Trinajstić information content (AvgIpc) is 3.61. The zero-order chi connectivity index (χ0) is 22.7. The molecule has 0 bridgehead atoms. The van der Waals surface area contributed by atoms with Crippen LogP contribution in [0.1, 0.15) is 43.8 Å². The predicted molar refractivity (Wildman–Crippen MR) is 129 cm³/mol. The predicted octanol–water partition coefficient (Wildman–Crippen LogP) is 4.63. The fourth-order valence-corrected chi connectivity index (χ4v) is 6.07. The van der Waals surface area contributed by atoms with E-state index < -0.39 is 18.0 Å². The Balaban J connectivity index is 1.40. The summed E-state index contributed by atoms with van der Waals surface area (Å²) in [6.45, 7) is 2.48. The van der Waals surface area contributed by atoms with Crippen LogP contribution >= 0.6 is 23.4 Å². The number of aliphatic hydroxyl groups excluding tert-OH is 1. The summed E-state index contributed by atoms with van der Waals surface area (Å²) >= 11 is 8.44. The lowest BCUT2D eigenvalue weighted by molar-refractivity contribution is -0.146. The second-order valence-corrected chi connectivity index (χ2v) is 10.7. The minimum atomic E-state index is -0.789. The quantitative estimate of drug-likeness (QED) is 0.515. The summed E-state index contributed by atoms with van der Waals surface area (Å²) in [4.78, 5) is 18.6. The van der Waals surface area contributed by atoms with Crippen molar-refractivity contribution in [2.75, 3.05) is 32.5 Å². The van der Waals surface area contributed by atoms with Crippen LogP contribution < -0.4 is 4.74 Å². The number of hydrogen-bond donors (Lipinski definition) is 2. The number of aliphatic carboxylic acids is 1. The lowest BCUT2D eigenvalue weighted by atomic mass is 9.81. The summed E-state index contributed by atoms with van der Waals surface area (Å²) in [5, 5.41) is 22.9. The summed E-state index contributed by atoms with van der Waals surface area (Å²) < 4.78 is 5.32. The molecule has 4 rings (SSSR count). The van der Waals surface area contributed by atoms with Crippen molar-refractivity contribution >= 4 is 40.2 Å². The number of aromatic nitrogens is 1. The zero-order valence-corrected chi connectivity index (χ0v) is 19.9. The number of fused-ring (bicyclic) bond motifs is 1. The highest BCUT2D eigenvalue weighted by molar-refractivity contribution is 8.00. The number of carboxylic acid groups (broad SMARTS) is 1. The van der Waals surface area contributed by atoms with Gasteiger partial charge in [-0.3, -0.25) is 9.78 Å². The number of rotatable bonds is 10. The number of methoxy groups -OCH3 is 1. The van der Waals surface area contributed by atoms with Gasteiger partial charge in [-0.2, -0.15) is 11.8 Å². The maximum Gasteiger partial charge on any atom is 0.308 e. The molecule has 2 unspecified atom stereocenters. The summed E-state index contributed by atoms with van der Waals surface area (Å²) in [5.41, 5.74) is 1.38. The first kappa shape index (κ1) is 23.6. The largest absolute Gasteiger partial charge is 0.497 e. The molecule has 0 radical (unpaired) electrons. The molecule has 6 nitrogen and oxygen atoms in total. The maximum absolute atomic E-state index is 12.0. The SMILES string of the molecule is COc1ccc2ncc(Cl)c([C@H](O)CCC3CCN(CCSC4CC4)CC3C(=O)O)c2c1. The summed E-state index contributed by atoms with van der Waals surface area (Å²) in [6, 6.07) is 5.51. The van der Waals surface area contributed by atoms with E-state index in [-0.39, 0.29) is 5.92 Å². The van der Waals surface area contributed by atoms with Crippen molar-refractivity contribution in [1.29, 1.82) is 0 Å². The first-order chi connectivity index (χ1) is 15.5. The van der Waals surface area contributed by atoms with E-state index in [4.69, 9.17) is 16.3 Å². The first-order valence-corrected chi connectivity index (χ1v) is 12.8. The lowest BCUT2D eigenvalue weighted by Gasteiger charge is -2.37. The van der Waals surface area contributed by atoms with Crippen molar-refractivity contribution in [2.24, 2.45) is 11.8 Å². The average molecular weight is 479 g/mol. The second kappa shape index (κ2) is 10.6. The third kappa shape index (κ3) is 5.68. The number of pyridine rings is 1. The normalized spacial score (nSPS) is 22.7. The fraction of sp³-hybridized carbons (Fsp3) is 0.583. The van der Waals surface area contributed by atoms with E-state index in [0.29, 0.717) is 35.7 Å². The van der Waals surface area contributed by atoms with Crippen molar-refractivity contribution in [2.45, 2.75) is 43.5 Å². The Hall–Kier alpha value is -1.54. The van der Waals surface area contributed by atoms with Crippen molar-refractivity contribution in [1.82, 2.24) is 9.88 Å². The van der Waals surface area contributed by atoms with Gasteiger partial charge in [0.05, 0.1) is 29.7 Å². The van der Waals surface area contributed by atoms with E-state index in [0.717, 1.165) is 41.4 Å². The first-order valence-electron chi connectivity index (χ1n) is 11.3. The van der Waals surface area contributed by atoms with E-state index in [9.17, 15) is 15.0 Å². The van der Waals surface area contributed by atoms with Gasteiger partial charge in [-0.1, -0.05) is 11.6 Å². The van der Waals surface area contributed by atoms with Crippen molar-refractivity contribution in [3.63, 3.8) is 0 Å². The third-order valence-electron chi connectivity index (χ3n) is 6.65. The molecule has 1 aromatic heterocycles. The number of carboxylic acids is 1. The molecule has 1 saturated carbocycles. The van der Waals surface area contributed by atoms with E-state index >= 15 is 0 Å². The van der Waals surface area contributed by atoms with Crippen molar-refractivity contribution < 1.29 is 19.7 Å². The van der Waals surface area contributed by atoms with Gasteiger partial charge in [-0.25, -0.2) is 0 Å². The van der Waals surface area contributed by atoms with Gasteiger partial charge in [0, 0.05) is 41.2 Å². The molecule has 1 aromatic carbocycles. The minimum absolute atomic E-state index is 0.0518. The minimum Gasteiger partial charge on any atom is -0.497 e. The van der Waals surface area contributed by atoms with Crippen LogP contribution in [0.4, 0.5) is 0 Å². The van der Waals surface area contributed by atoms with Crippen LogP contribution in [0, 0.1) is 11.8 Å². The van der Waals surface area contributed by atoms with E-state index in [1.807, 2.05) is 30.0 Å². The monoisotopic (exact) mass is 478 g/mol. The van der Waals surface area contributed by atoms with E-state index in [1.165, 1.54) is 12.8 Å². The Morgan fingerprint density at radius 1 is 1.38 bits per heavy atom. The maximum atomic E-state index is 12.0. The Morgan fingerprint density at radius 2 is 2.19 bits per heavy atom. The van der Waals surface area contributed by atoms with Gasteiger partial charge in [-0.15, -0.1) is 0 Å². The molecule has 2 N–H and O–H groups in total. The Labute approximate surface area is 198 Å². The highest BCUT2D eigenvalue weighted by Crippen LogP contribution is 2.37. The molecule has 2 fully saturated rings. The van der Waals surface area contributed by atoms with Gasteiger partial charge in [0.1, 0.15) is 5.75 Å². The molecule has 2 aliphatic rings. The van der Waals surface area contributed by atoms with Crippen LogP contribution in [0.5, 0.6) is 5.75 Å². The van der Waals surface area contributed by atoms with Crippen molar-refractivity contribution in [3.8, 4) is 5.75 Å². The van der Waals surface area contributed by atoms with Crippen molar-refractivity contribution in [3.05, 3.63) is 35.0 Å². The molecular formula is C24H31ClN2O4S. The smallest absolute Gasteiger partial charge is 0.308 e. The summed E-state index contributed by atoms with van der Waals surface area (Å²) in [6.07, 6.45) is 5.38. The highest BCUT2D eigenvalue weighted by atomic mass is 35.5. The fourth-order valence-electron chi connectivity index (χ4n) is 4.63. The molecule has 2 aromatic rings. The van der Waals surface area contributed by atoms with Crippen LogP contribution in [-0.2, 0) is 4.79 Å². The van der Waals surface area contributed by atoms with Gasteiger partial charge < -0.3 is 19.8 Å². The molecule has 3 atom stereocenters. The molecule has 1 aliphatic heterocycles. The van der Waals surface area contributed by atoms with E-state index in [1.54, 1.807) is 13.3 Å². The van der Waals surface area contributed by atoms with Gasteiger partial charge in [0.2, 0.25) is 0 Å². The Morgan fingerprint density at radius 3 is 2.91 bits per heavy atom. The number of carbonyl (C=O) groups is 1. The Bertz CT molecular complexity index is 955. The molecule has 0 amide bonds. The number of piperidine rings is 1. The van der Waals surface area contributed by atoms with Crippen LogP contribution in [0.2, 0.25) is 5.02 Å². The van der Waals surface area contributed by atoms with Gasteiger partial charge >= 0.3 is 5.97 Å². The lowest BCUT2D eigenvalue weighted by Crippen LogP contribution is -2.44. The van der Waals surface area contributed by atoms with Gasteiger partial charge in [0.25, 0.3) is 0 Å². The molecule has 0 spiro atoms. The van der Waals surface area contributed by atoms with Crippen LogP contribution in [0.15, 0.2) is 24.4 Å². The molecule has 8 heteroatoms. The molecule has 32 heavy (non-hydrogen) atoms. The number of benzene rings is 1. The number of thioether (sulfide) groups is 1. The molecule has 174 valence electrons. The number of halogens is 1. The van der Waals surface area contributed by atoms with Gasteiger partial charge in [0.15, 0.2) is 0 Å².